The first-order valence-corrected chi connectivity index (χ1v) is 17.7. The lowest BCUT2D eigenvalue weighted by atomic mass is 9.93. The van der Waals surface area contributed by atoms with Gasteiger partial charge < -0.3 is 23.7 Å². The molecular weight excluding hydrogens is 711 g/mol. The molecule has 51 heavy (non-hydrogen) atoms. The van der Waals surface area contributed by atoms with Crippen molar-refractivity contribution in [3.05, 3.63) is 142 Å². The van der Waals surface area contributed by atoms with Gasteiger partial charge in [-0.25, -0.2) is 9.79 Å². The van der Waals surface area contributed by atoms with E-state index in [4.69, 9.17) is 51.9 Å². The van der Waals surface area contributed by atoms with Gasteiger partial charge in [0, 0.05) is 21.2 Å². The average molecular weight is 746 g/mol. The number of ether oxygens (including phenoxy) is 5. The van der Waals surface area contributed by atoms with Gasteiger partial charge in [0.05, 0.1) is 49.3 Å². The third-order valence-corrected chi connectivity index (χ3v) is 9.63. The number of esters is 1. The van der Waals surface area contributed by atoms with Gasteiger partial charge in [0.25, 0.3) is 5.56 Å². The molecule has 0 unspecified atom stereocenters. The van der Waals surface area contributed by atoms with Crippen LogP contribution in [-0.2, 0) is 16.1 Å². The summed E-state index contributed by atoms with van der Waals surface area (Å²) in [5, 5.41) is 1.04. The molecule has 5 aromatic rings. The highest BCUT2D eigenvalue weighted by molar-refractivity contribution is 7.07. The van der Waals surface area contributed by atoms with E-state index in [2.05, 4.69) is 0 Å². The minimum absolute atomic E-state index is 0.141. The lowest BCUT2D eigenvalue weighted by molar-refractivity contribution is -0.138. The molecule has 0 radical (unpaired) electrons. The summed E-state index contributed by atoms with van der Waals surface area (Å²) in [4.78, 5) is 33.6. The molecule has 0 amide bonds. The third kappa shape index (κ3) is 7.54. The lowest BCUT2D eigenvalue weighted by Gasteiger charge is -2.26. The van der Waals surface area contributed by atoms with Crippen molar-refractivity contribution in [2.75, 3.05) is 27.4 Å². The minimum atomic E-state index is -0.882. The van der Waals surface area contributed by atoms with Crippen molar-refractivity contribution in [2.45, 2.75) is 26.5 Å². The Morgan fingerprint density at radius 1 is 0.863 bits per heavy atom. The van der Waals surface area contributed by atoms with Crippen LogP contribution in [0.5, 0.6) is 23.0 Å². The number of thiazole rings is 1. The van der Waals surface area contributed by atoms with E-state index in [0.29, 0.717) is 71.4 Å². The van der Waals surface area contributed by atoms with Crippen LogP contribution in [0.3, 0.4) is 0 Å². The van der Waals surface area contributed by atoms with Crippen LogP contribution in [0.4, 0.5) is 0 Å². The maximum absolute atomic E-state index is 14.4. The minimum Gasteiger partial charge on any atom is -0.493 e. The Kier molecular flexibility index (Phi) is 11.1. The zero-order valence-corrected chi connectivity index (χ0v) is 30.6. The summed E-state index contributed by atoms with van der Waals surface area (Å²) in [6, 6.07) is 24.5. The Morgan fingerprint density at radius 2 is 1.63 bits per heavy atom. The maximum Gasteiger partial charge on any atom is 0.338 e. The van der Waals surface area contributed by atoms with Crippen LogP contribution in [-0.4, -0.2) is 38.0 Å². The zero-order chi connectivity index (χ0) is 36.1. The monoisotopic (exact) mass is 744 g/mol. The molecule has 1 atom stereocenters. The summed E-state index contributed by atoms with van der Waals surface area (Å²) >= 11 is 13.6. The van der Waals surface area contributed by atoms with Crippen LogP contribution in [0.2, 0.25) is 10.0 Å². The Morgan fingerprint density at radius 3 is 2.33 bits per heavy atom. The molecule has 0 N–H and O–H groups in total. The first-order valence-electron chi connectivity index (χ1n) is 16.1. The number of nitrogens with zero attached hydrogens (tertiary/aromatic N) is 2. The summed E-state index contributed by atoms with van der Waals surface area (Å²) in [6.07, 6.45) is 1.77. The fourth-order valence-corrected chi connectivity index (χ4v) is 7.19. The number of methoxy groups -OCH3 is 2. The van der Waals surface area contributed by atoms with E-state index in [1.165, 1.54) is 23.0 Å². The molecule has 0 saturated heterocycles. The highest BCUT2D eigenvalue weighted by Crippen LogP contribution is 2.38. The number of rotatable bonds is 12. The van der Waals surface area contributed by atoms with Crippen LogP contribution < -0.4 is 33.8 Å². The van der Waals surface area contributed by atoms with Crippen molar-refractivity contribution in [2.24, 2.45) is 4.99 Å². The number of aromatic nitrogens is 1. The molecule has 0 fully saturated rings. The molecule has 0 spiro atoms. The first kappa shape index (κ1) is 35.8. The molecule has 262 valence electrons. The fourth-order valence-electron chi connectivity index (χ4n) is 5.73. The number of carbonyl (C=O) groups is 1. The molecule has 0 aliphatic carbocycles. The molecule has 6 rings (SSSR count). The van der Waals surface area contributed by atoms with Gasteiger partial charge in [-0.15, -0.1) is 0 Å². The quantitative estimate of drug-likeness (QED) is 0.124. The smallest absolute Gasteiger partial charge is 0.338 e. The largest absolute Gasteiger partial charge is 0.493 e. The Bertz CT molecular complexity index is 2300. The van der Waals surface area contributed by atoms with Crippen molar-refractivity contribution >= 4 is 52.3 Å². The highest BCUT2D eigenvalue weighted by Gasteiger charge is 2.35. The van der Waals surface area contributed by atoms with Crippen LogP contribution >= 0.6 is 34.5 Å². The van der Waals surface area contributed by atoms with E-state index in [0.717, 1.165) is 5.56 Å². The summed E-state index contributed by atoms with van der Waals surface area (Å²) in [5.41, 5.74) is 3.12. The molecule has 0 bridgehead atoms. The topological polar surface area (TPSA) is 97.6 Å². The van der Waals surface area contributed by atoms with Crippen molar-refractivity contribution in [1.82, 2.24) is 4.57 Å². The van der Waals surface area contributed by atoms with E-state index < -0.39 is 12.0 Å². The Balaban J connectivity index is 1.49. The summed E-state index contributed by atoms with van der Waals surface area (Å²) in [7, 11) is 3.08. The van der Waals surface area contributed by atoms with Crippen molar-refractivity contribution in [3.63, 3.8) is 0 Å². The number of carbonyl (C=O) groups excluding carboxylic acids is 1. The Hall–Kier alpha value is -5.03. The van der Waals surface area contributed by atoms with Crippen LogP contribution in [0.1, 0.15) is 42.1 Å². The second-order valence-corrected chi connectivity index (χ2v) is 13.1. The van der Waals surface area contributed by atoms with Crippen LogP contribution in [0.15, 0.2) is 100 Å². The number of fused-ring (bicyclic) bond motifs is 1. The molecule has 1 aromatic heterocycles. The summed E-state index contributed by atoms with van der Waals surface area (Å²) < 4.78 is 30.6. The van der Waals surface area contributed by atoms with E-state index >= 15 is 0 Å². The van der Waals surface area contributed by atoms with E-state index in [9.17, 15) is 9.59 Å². The van der Waals surface area contributed by atoms with E-state index in [1.54, 1.807) is 56.5 Å². The molecule has 12 heteroatoms. The van der Waals surface area contributed by atoms with Gasteiger partial charge in [0.2, 0.25) is 0 Å². The van der Waals surface area contributed by atoms with E-state index in [-0.39, 0.29) is 24.3 Å². The summed E-state index contributed by atoms with van der Waals surface area (Å²) in [5.74, 6) is 1.39. The van der Waals surface area contributed by atoms with Gasteiger partial charge in [0.1, 0.15) is 6.61 Å². The second kappa shape index (κ2) is 15.9. The van der Waals surface area contributed by atoms with Gasteiger partial charge in [-0.1, -0.05) is 83.1 Å². The molecule has 0 saturated carbocycles. The number of hydrogen-bond donors (Lipinski definition) is 0. The van der Waals surface area contributed by atoms with Crippen molar-refractivity contribution in [1.29, 1.82) is 0 Å². The van der Waals surface area contributed by atoms with Gasteiger partial charge in [0.15, 0.2) is 27.8 Å². The fraction of sp³-hybridized carbons (Fsp3) is 0.205. The molecule has 4 aromatic carbocycles. The number of benzene rings is 4. The second-order valence-electron chi connectivity index (χ2n) is 11.2. The molecular formula is C39H34Cl2N2O7S. The number of hydrogen-bond acceptors (Lipinski definition) is 9. The van der Waals surface area contributed by atoms with E-state index in [1.807, 2.05) is 55.5 Å². The molecule has 1 aliphatic rings. The predicted molar refractivity (Wildman–Crippen MR) is 199 cm³/mol. The van der Waals surface area contributed by atoms with Gasteiger partial charge in [-0.2, -0.15) is 0 Å². The predicted octanol–water partition coefficient (Wildman–Crippen LogP) is 7.24. The number of halogens is 2. The third-order valence-electron chi connectivity index (χ3n) is 8.06. The standard InChI is InChI=1S/C39H34Cl2N2O7S/c1-5-48-32-18-23(12-16-30(32)50-22-26-13-15-27(40)21-28(26)41)19-33-37(44)43-36(25-14-17-29(46-3)31(20-25)47-4)34(38(45)49-6-2)35(42-39(43)51-33)24-10-8-7-9-11-24/h7-21,36H,5-6,22H2,1-4H3/b33-19-/t36-/m0/s1. The summed E-state index contributed by atoms with van der Waals surface area (Å²) in [6.45, 7) is 4.36. The molecule has 2 heterocycles. The SMILES string of the molecule is CCOC(=O)C1=C(c2ccccc2)N=c2s/c(=C\c3ccc(OCc4ccc(Cl)cc4Cl)c(OCC)c3)c(=O)n2[C@H]1c1ccc(OC)c(OC)c1. The van der Waals surface area contributed by atoms with Gasteiger partial charge in [-0.05, 0) is 67.4 Å². The lowest BCUT2D eigenvalue weighted by Crippen LogP contribution is -2.40. The van der Waals surface area contributed by atoms with Gasteiger partial charge in [-0.3, -0.25) is 9.36 Å². The first-order chi connectivity index (χ1) is 24.8. The molecule has 9 nitrogen and oxygen atoms in total. The normalized spacial score (nSPS) is 14.1. The Labute approximate surface area is 308 Å². The van der Waals surface area contributed by atoms with Gasteiger partial charge >= 0.3 is 5.97 Å². The zero-order valence-electron chi connectivity index (χ0n) is 28.3. The van der Waals surface area contributed by atoms with Crippen molar-refractivity contribution in [3.8, 4) is 23.0 Å². The average Bonchev–Trinajstić information content (AvgIpc) is 3.45. The van der Waals surface area contributed by atoms with Crippen molar-refractivity contribution < 1.29 is 28.5 Å². The van der Waals surface area contributed by atoms with Crippen LogP contribution in [0, 0.1) is 0 Å². The highest BCUT2D eigenvalue weighted by atomic mass is 35.5. The van der Waals surface area contributed by atoms with Crippen LogP contribution in [0.25, 0.3) is 11.8 Å². The molecule has 1 aliphatic heterocycles. The maximum atomic E-state index is 14.4.